The van der Waals surface area contributed by atoms with E-state index in [0.29, 0.717) is 12.6 Å². The molecule has 1 heterocycles. The first-order chi connectivity index (χ1) is 11.0. The van der Waals surface area contributed by atoms with Gasteiger partial charge in [0.25, 0.3) is 0 Å². The van der Waals surface area contributed by atoms with E-state index in [4.69, 9.17) is 14.2 Å². The van der Waals surface area contributed by atoms with Gasteiger partial charge in [0.05, 0.1) is 25.4 Å². The first kappa shape index (κ1) is 18.4. The Balaban J connectivity index is 2.05. The van der Waals surface area contributed by atoms with E-state index in [9.17, 15) is 0 Å². The zero-order valence-corrected chi connectivity index (χ0v) is 15.0. The fourth-order valence-electron chi connectivity index (χ4n) is 2.93. The quantitative estimate of drug-likeness (QED) is 0.770. The summed E-state index contributed by atoms with van der Waals surface area (Å²) in [6, 6.07) is 9.17. The SMILES string of the molecule is COCc1ccc(C(CCOC(C)(C)C)N2CCOCC2)cc1. The Morgan fingerprint density at radius 3 is 2.35 bits per heavy atom. The van der Waals surface area contributed by atoms with Crippen molar-refractivity contribution in [3.05, 3.63) is 35.4 Å². The highest BCUT2D eigenvalue weighted by Crippen LogP contribution is 2.26. The molecule has 1 unspecified atom stereocenters. The van der Waals surface area contributed by atoms with Crippen molar-refractivity contribution in [3.63, 3.8) is 0 Å². The number of morpholine rings is 1. The van der Waals surface area contributed by atoms with Gasteiger partial charge in [-0.15, -0.1) is 0 Å². The Morgan fingerprint density at radius 2 is 1.78 bits per heavy atom. The molecule has 0 spiro atoms. The van der Waals surface area contributed by atoms with E-state index in [2.05, 4.69) is 49.9 Å². The Labute approximate surface area is 140 Å². The Hall–Kier alpha value is -0.940. The van der Waals surface area contributed by atoms with E-state index in [1.165, 1.54) is 11.1 Å². The minimum Gasteiger partial charge on any atom is -0.380 e. The Morgan fingerprint density at radius 1 is 1.13 bits per heavy atom. The second-order valence-electron chi connectivity index (χ2n) is 7.09. The van der Waals surface area contributed by atoms with Gasteiger partial charge in [0, 0.05) is 32.8 Å². The van der Waals surface area contributed by atoms with E-state index in [1.54, 1.807) is 7.11 Å². The molecule has 0 radical (unpaired) electrons. The van der Waals surface area contributed by atoms with Gasteiger partial charge < -0.3 is 14.2 Å². The number of rotatable bonds is 7. The van der Waals surface area contributed by atoms with Crippen LogP contribution >= 0.6 is 0 Å². The summed E-state index contributed by atoms with van der Waals surface area (Å²) in [5.41, 5.74) is 2.48. The van der Waals surface area contributed by atoms with Gasteiger partial charge in [-0.3, -0.25) is 4.90 Å². The first-order valence-electron chi connectivity index (χ1n) is 8.53. The molecule has 0 N–H and O–H groups in total. The minimum absolute atomic E-state index is 0.0854. The zero-order chi connectivity index (χ0) is 16.7. The monoisotopic (exact) mass is 321 g/mol. The van der Waals surface area contributed by atoms with Crippen LogP contribution in [-0.2, 0) is 20.8 Å². The van der Waals surface area contributed by atoms with E-state index in [-0.39, 0.29) is 5.60 Å². The predicted molar refractivity (Wildman–Crippen MR) is 92.6 cm³/mol. The van der Waals surface area contributed by atoms with Gasteiger partial charge in [-0.05, 0) is 38.3 Å². The van der Waals surface area contributed by atoms with Crippen LogP contribution in [0.2, 0.25) is 0 Å². The average molecular weight is 321 g/mol. The molecule has 1 aliphatic rings. The first-order valence-corrected chi connectivity index (χ1v) is 8.53. The molecule has 23 heavy (non-hydrogen) atoms. The standard InChI is InChI=1S/C19H31NO3/c1-19(2,3)23-12-9-18(20-10-13-22-14-11-20)17-7-5-16(6-8-17)15-21-4/h5-8,18H,9-15H2,1-4H3. The summed E-state index contributed by atoms with van der Waals surface area (Å²) in [6.45, 7) is 11.4. The van der Waals surface area contributed by atoms with Crippen molar-refractivity contribution in [2.24, 2.45) is 0 Å². The summed E-state index contributed by atoms with van der Waals surface area (Å²) in [7, 11) is 1.73. The van der Waals surface area contributed by atoms with Gasteiger partial charge >= 0.3 is 0 Å². The zero-order valence-electron chi connectivity index (χ0n) is 15.0. The lowest BCUT2D eigenvalue weighted by Crippen LogP contribution is -2.39. The molecular weight excluding hydrogens is 290 g/mol. The average Bonchev–Trinajstić information content (AvgIpc) is 2.53. The molecule has 1 fully saturated rings. The third kappa shape index (κ3) is 6.22. The van der Waals surface area contributed by atoms with Gasteiger partial charge in [0.2, 0.25) is 0 Å². The molecule has 0 aromatic heterocycles. The Bertz CT molecular complexity index is 447. The fraction of sp³-hybridized carbons (Fsp3) is 0.684. The van der Waals surface area contributed by atoms with Crippen molar-refractivity contribution < 1.29 is 14.2 Å². The lowest BCUT2D eigenvalue weighted by atomic mass is 10.00. The van der Waals surface area contributed by atoms with E-state index in [0.717, 1.165) is 39.3 Å². The second kappa shape index (κ2) is 8.78. The largest absolute Gasteiger partial charge is 0.380 e. The number of hydrogen-bond donors (Lipinski definition) is 0. The molecule has 0 bridgehead atoms. The highest BCUT2D eigenvalue weighted by molar-refractivity contribution is 5.25. The van der Waals surface area contributed by atoms with Crippen molar-refractivity contribution in [1.29, 1.82) is 0 Å². The molecule has 1 aromatic rings. The van der Waals surface area contributed by atoms with Crippen molar-refractivity contribution in [2.75, 3.05) is 40.0 Å². The summed E-state index contributed by atoms with van der Waals surface area (Å²) in [6.07, 6.45) is 1.00. The molecule has 0 aliphatic carbocycles. The van der Waals surface area contributed by atoms with Crippen LogP contribution in [0.3, 0.4) is 0 Å². The van der Waals surface area contributed by atoms with Crippen molar-refractivity contribution >= 4 is 0 Å². The molecule has 4 nitrogen and oxygen atoms in total. The summed E-state index contributed by atoms with van der Waals surface area (Å²) >= 11 is 0. The number of benzene rings is 1. The lowest BCUT2D eigenvalue weighted by molar-refractivity contribution is -0.0271. The maximum absolute atomic E-state index is 5.96. The van der Waals surface area contributed by atoms with Gasteiger partial charge in [-0.25, -0.2) is 0 Å². The summed E-state index contributed by atoms with van der Waals surface area (Å²) in [5, 5.41) is 0. The van der Waals surface area contributed by atoms with Crippen LogP contribution in [0.1, 0.15) is 44.4 Å². The van der Waals surface area contributed by atoms with E-state index >= 15 is 0 Å². The molecule has 1 atom stereocenters. The van der Waals surface area contributed by atoms with Crippen molar-refractivity contribution in [2.45, 2.75) is 45.4 Å². The highest BCUT2D eigenvalue weighted by Gasteiger charge is 2.23. The molecule has 2 rings (SSSR count). The molecular formula is C19H31NO3. The normalized spacial score (nSPS) is 18.1. The minimum atomic E-state index is -0.0854. The fourth-order valence-corrected chi connectivity index (χ4v) is 2.93. The van der Waals surface area contributed by atoms with E-state index < -0.39 is 0 Å². The number of nitrogens with zero attached hydrogens (tertiary/aromatic N) is 1. The van der Waals surface area contributed by atoms with Crippen LogP contribution < -0.4 is 0 Å². The van der Waals surface area contributed by atoms with Crippen LogP contribution in [0.5, 0.6) is 0 Å². The molecule has 0 amide bonds. The van der Waals surface area contributed by atoms with Crippen LogP contribution in [0.4, 0.5) is 0 Å². The van der Waals surface area contributed by atoms with Gasteiger partial charge in [-0.2, -0.15) is 0 Å². The lowest BCUT2D eigenvalue weighted by Gasteiger charge is -2.35. The topological polar surface area (TPSA) is 30.9 Å². The third-order valence-corrected chi connectivity index (χ3v) is 4.09. The van der Waals surface area contributed by atoms with Crippen LogP contribution in [0.25, 0.3) is 0 Å². The summed E-state index contributed by atoms with van der Waals surface area (Å²) in [4.78, 5) is 2.51. The molecule has 0 saturated carbocycles. The highest BCUT2D eigenvalue weighted by atomic mass is 16.5. The summed E-state index contributed by atoms with van der Waals surface area (Å²) in [5.74, 6) is 0. The smallest absolute Gasteiger partial charge is 0.0713 e. The van der Waals surface area contributed by atoms with Crippen molar-refractivity contribution in [1.82, 2.24) is 4.90 Å². The van der Waals surface area contributed by atoms with Gasteiger partial charge in [0.15, 0.2) is 0 Å². The summed E-state index contributed by atoms with van der Waals surface area (Å²) < 4.78 is 16.7. The molecule has 1 aromatic carbocycles. The molecule has 1 aliphatic heterocycles. The molecule has 130 valence electrons. The number of ether oxygens (including phenoxy) is 3. The van der Waals surface area contributed by atoms with Crippen molar-refractivity contribution in [3.8, 4) is 0 Å². The number of hydrogen-bond acceptors (Lipinski definition) is 4. The predicted octanol–water partition coefficient (Wildman–Crippen LogP) is 3.41. The van der Waals surface area contributed by atoms with Crippen LogP contribution in [-0.4, -0.2) is 50.5 Å². The van der Waals surface area contributed by atoms with Crippen LogP contribution in [0, 0.1) is 0 Å². The van der Waals surface area contributed by atoms with Crippen LogP contribution in [0.15, 0.2) is 24.3 Å². The van der Waals surface area contributed by atoms with E-state index in [1.807, 2.05) is 0 Å². The van der Waals surface area contributed by atoms with Gasteiger partial charge in [-0.1, -0.05) is 24.3 Å². The van der Waals surface area contributed by atoms with Gasteiger partial charge in [0.1, 0.15) is 0 Å². The Kier molecular flexibility index (Phi) is 7.03. The maximum atomic E-state index is 5.96. The molecule has 1 saturated heterocycles. The second-order valence-corrected chi connectivity index (χ2v) is 7.09. The number of methoxy groups -OCH3 is 1. The third-order valence-electron chi connectivity index (χ3n) is 4.09. The molecule has 4 heteroatoms. The maximum Gasteiger partial charge on any atom is 0.0713 e.